The number of aliphatic hydroxyl groups is 1. The number of amides is 1. The Morgan fingerprint density at radius 3 is 2.71 bits per heavy atom. The summed E-state index contributed by atoms with van der Waals surface area (Å²) in [4.78, 5) is 17.5. The third kappa shape index (κ3) is 2.39. The van der Waals surface area contributed by atoms with Crippen LogP contribution in [0.25, 0.3) is 0 Å². The molecule has 1 aromatic heterocycles. The number of rotatable bonds is 3. The normalized spacial score (nSPS) is 19.3. The van der Waals surface area contributed by atoms with E-state index in [-0.39, 0.29) is 0 Å². The number of nitrogens with zero attached hydrogens (tertiary/aromatic N) is 3. The van der Waals surface area contributed by atoms with E-state index in [4.69, 9.17) is 5.73 Å². The lowest BCUT2D eigenvalue weighted by Gasteiger charge is -2.35. The average molecular weight is 256 g/mol. The number of carbonyl (C=O) groups is 1. The van der Waals surface area contributed by atoms with Crippen LogP contribution in [0.1, 0.15) is 25.6 Å². The lowest BCUT2D eigenvalue weighted by atomic mass is 9.91. The molecule has 3 N–H and O–H groups in total. The Morgan fingerprint density at radius 1 is 1.59 bits per heavy atom. The predicted octanol–water partition coefficient (Wildman–Crippen LogP) is -0.0829. The number of aryl methyl sites for hydroxylation is 1. The zero-order valence-electron chi connectivity index (χ0n) is 9.72. The van der Waals surface area contributed by atoms with E-state index < -0.39 is 11.5 Å². The summed E-state index contributed by atoms with van der Waals surface area (Å²) in [5.74, 6) is 0.199. The summed E-state index contributed by atoms with van der Waals surface area (Å²) in [6, 6.07) is 0. The molecule has 2 heterocycles. The van der Waals surface area contributed by atoms with Crippen molar-refractivity contribution in [3.8, 4) is 0 Å². The number of hydrogen-bond acceptors (Lipinski definition) is 6. The minimum Gasteiger partial charge on any atom is -0.380 e. The second-order valence-corrected chi connectivity index (χ2v) is 4.96. The fourth-order valence-electron chi connectivity index (χ4n) is 1.83. The van der Waals surface area contributed by atoms with E-state index in [2.05, 4.69) is 9.36 Å². The lowest BCUT2D eigenvalue weighted by Crippen LogP contribution is -2.52. The highest BCUT2D eigenvalue weighted by atomic mass is 32.1. The molecule has 0 spiro atoms. The molecule has 0 bridgehead atoms. The first-order valence-electron chi connectivity index (χ1n) is 5.65. The van der Waals surface area contributed by atoms with Crippen LogP contribution in [0.15, 0.2) is 0 Å². The smallest absolute Gasteiger partial charge is 0.249 e. The zero-order chi connectivity index (χ0) is 12.5. The maximum atomic E-state index is 11.1. The molecule has 7 heteroatoms. The van der Waals surface area contributed by atoms with E-state index in [1.165, 1.54) is 11.5 Å². The molecule has 0 radical (unpaired) electrons. The minimum atomic E-state index is -1.35. The molecule has 1 aromatic rings. The Labute approximate surface area is 104 Å². The van der Waals surface area contributed by atoms with E-state index in [0.717, 1.165) is 17.4 Å². The molecular formula is C10H16N4O2S. The summed E-state index contributed by atoms with van der Waals surface area (Å²) in [6.07, 6.45) is 1.52. The van der Waals surface area contributed by atoms with Crippen molar-refractivity contribution in [1.29, 1.82) is 0 Å². The van der Waals surface area contributed by atoms with Crippen molar-refractivity contribution < 1.29 is 9.90 Å². The Balaban J connectivity index is 2.01. The monoisotopic (exact) mass is 256 g/mol. The molecule has 1 saturated heterocycles. The van der Waals surface area contributed by atoms with E-state index in [9.17, 15) is 9.90 Å². The van der Waals surface area contributed by atoms with Gasteiger partial charge in [0.15, 0.2) is 0 Å². The summed E-state index contributed by atoms with van der Waals surface area (Å²) in [5, 5.41) is 10.8. The molecule has 1 fully saturated rings. The van der Waals surface area contributed by atoms with E-state index in [0.29, 0.717) is 25.9 Å². The minimum absolute atomic E-state index is 0.351. The average Bonchev–Trinajstić information content (AvgIpc) is 2.78. The number of primary amides is 1. The van der Waals surface area contributed by atoms with Crippen molar-refractivity contribution in [3.05, 3.63) is 5.82 Å². The van der Waals surface area contributed by atoms with Crippen LogP contribution < -0.4 is 10.6 Å². The molecule has 0 saturated carbocycles. The Kier molecular flexibility index (Phi) is 3.30. The first-order valence-corrected chi connectivity index (χ1v) is 6.42. The van der Waals surface area contributed by atoms with Crippen LogP contribution in [0.3, 0.4) is 0 Å². The van der Waals surface area contributed by atoms with E-state index >= 15 is 0 Å². The van der Waals surface area contributed by atoms with Gasteiger partial charge >= 0.3 is 0 Å². The Morgan fingerprint density at radius 2 is 2.24 bits per heavy atom. The van der Waals surface area contributed by atoms with Gasteiger partial charge in [-0.05, 0) is 0 Å². The summed E-state index contributed by atoms with van der Waals surface area (Å²) >= 11 is 1.36. The number of aromatic nitrogens is 2. The Hall–Kier alpha value is -1.21. The second-order valence-electron chi connectivity index (χ2n) is 4.23. The van der Waals surface area contributed by atoms with Crippen LogP contribution in [-0.4, -0.2) is 39.1 Å². The van der Waals surface area contributed by atoms with Crippen molar-refractivity contribution in [2.24, 2.45) is 5.73 Å². The van der Waals surface area contributed by atoms with Gasteiger partial charge in [0.25, 0.3) is 0 Å². The summed E-state index contributed by atoms with van der Waals surface area (Å²) in [7, 11) is 0. The first kappa shape index (κ1) is 12.3. The fourth-order valence-corrected chi connectivity index (χ4v) is 2.63. The van der Waals surface area contributed by atoms with Gasteiger partial charge in [0.1, 0.15) is 11.4 Å². The molecule has 0 aliphatic carbocycles. The highest BCUT2D eigenvalue weighted by Crippen LogP contribution is 2.27. The third-order valence-electron chi connectivity index (χ3n) is 3.09. The maximum absolute atomic E-state index is 11.1. The number of hydrogen-bond donors (Lipinski definition) is 2. The zero-order valence-corrected chi connectivity index (χ0v) is 10.5. The molecule has 0 atom stereocenters. The van der Waals surface area contributed by atoms with Gasteiger partial charge in [0, 0.05) is 43.9 Å². The molecule has 0 aromatic carbocycles. The van der Waals surface area contributed by atoms with Gasteiger partial charge in [-0.3, -0.25) is 4.79 Å². The summed E-state index contributed by atoms with van der Waals surface area (Å²) in [5.41, 5.74) is 3.83. The van der Waals surface area contributed by atoms with Crippen molar-refractivity contribution in [1.82, 2.24) is 9.36 Å². The van der Waals surface area contributed by atoms with Crippen LogP contribution in [0.2, 0.25) is 0 Å². The standard InChI is InChI=1S/C10H16N4O2S/c1-2-7-12-9(17-13-7)14-5-3-10(16,4-6-14)8(11)15/h16H,2-6H2,1H3,(H2,11,15). The SMILES string of the molecule is CCc1nsc(N2CCC(O)(C(N)=O)CC2)n1. The van der Waals surface area contributed by atoms with Gasteiger partial charge < -0.3 is 15.7 Å². The molecule has 17 heavy (non-hydrogen) atoms. The number of nitrogens with two attached hydrogens (primary N) is 1. The van der Waals surface area contributed by atoms with Gasteiger partial charge in [0.2, 0.25) is 11.0 Å². The molecule has 0 unspecified atom stereocenters. The van der Waals surface area contributed by atoms with Gasteiger partial charge in [-0.1, -0.05) is 6.92 Å². The van der Waals surface area contributed by atoms with Crippen molar-refractivity contribution >= 4 is 22.6 Å². The van der Waals surface area contributed by atoms with Crippen LogP contribution in [0.5, 0.6) is 0 Å². The topological polar surface area (TPSA) is 92.3 Å². The molecule has 1 amide bonds. The molecule has 2 rings (SSSR count). The van der Waals surface area contributed by atoms with Gasteiger partial charge in [0.05, 0.1) is 0 Å². The molecular weight excluding hydrogens is 240 g/mol. The molecule has 6 nitrogen and oxygen atoms in total. The van der Waals surface area contributed by atoms with Crippen molar-refractivity contribution in [3.63, 3.8) is 0 Å². The third-order valence-corrected chi connectivity index (χ3v) is 3.91. The number of piperidine rings is 1. The molecule has 1 aliphatic rings. The van der Waals surface area contributed by atoms with Gasteiger partial charge in [-0.25, -0.2) is 4.98 Å². The quantitative estimate of drug-likeness (QED) is 0.789. The van der Waals surface area contributed by atoms with Crippen LogP contribution in [0.4, 0.5) is 5.13 Å². The lowest BCUT2D eigenvalue weighted by molar-refractivity contribution is -0.138. The first-order chi connectivity index (χ1) is 8.05. The van der Waals surface area contributed by atoms with Crippen molar-refractivity contribution in [2.75, 3.05) is 18.0 Å². The fraction of sp³-hybridized carbons (Fsp3) is 0.700. The number of carbonyl (C=O) groups excluding carboxylic acids is 1. The van der Waals surface area contributed by atoms with E-state index in [1.807, 2.05) is 11.8 Å². The van der Waals surface area contributed by atoms with Gasteiger partial charge in [-0.2, -0.15) is 4.37 Å². The molecule has 94 valence electrons. The summed E-state index contributed by atoms with van der Waals surface area (Å²) in [6.45, 7) is 3.17. The van der Waals surface area contributed by atoms with Gasteiger partial charge in [-0.15, -0.1) is 0 Å². The Bertz CT molecular complexity index is 412. The molecule has 1 aliphatic heterocycles. The van der Waals surface area contributed by atoms with Crippen LogP contribution >= 0.6 is 11.5 Å². The van der Waals surface area contributed by atoms with Crippen LogP contribution in [0, 0.1) is 0 Å². The summed E-state index contributed by atoms with van der Waals surface area (Å²) < 4.78 is 4.22. The highest BCUT2D eigenvalue weighted by Gasteiger charge is 2.38. The van der Waals surface area contributed by atoms with Crippen molar-refractivity contribution in [2.45, 2.75) is 31.8 Å². The maximum Gasteiger partial charge on any atom is 0.249 e. The number of anilines is 1. The van der Waals surface area contributed by atoms with E-state index in [1.54, 1.807) is 0 Å². The van der Waals surface area contributed by atoms with Crippen LogP contribution in [-0.2, 0) is 11.2 Å². The highest BCUT2D eigenvalue weighted by molar-refractivity contribution is 7.09. The predicted molar refractivity (Wildman–Crippen MR) is 64.9 cm³/mol. The second kappa shape index (κ2) is 4.58. The largest absolute Gasteiger partial charge is 0.380 e.